The van der Waals surface area contributed by atoms with E-state index >= 15 is 0 Å². The molecule has 0 amide bonds. The van der Waals surface area contributed by atoms with Gasteiger partial charge >= 0.3 is 0 Å². The Kier molecular flexibility index (Phi) is 5.29. The Morgan fingerprint density at radius 1 is 1.28 bits per heavy atom. The lowest BCUT2D eigenvalue weighted by Gasteiger charge is -2.36. The van der Waals surface area contributed by atoms with Crippen LogP contribution in [0.3, 0.4) is 0 Å². The summed E-state index contributed by atoms with van der Waals surface area (Å²) in [5.41, 5.74) is 5.89. The fourth-order valence-electron chi connectivity index (χ4n) is 2.82. The molecule has 102 valence electrons. The molecule has 18 heavy (non-hydrogen) atoms. The van der Waals surface area contributed by atoms with Crippen molar-refractivity contribution in [1.82, 2.24) is 0 Å². The predicted octanol–water partition coefficient (Wildman–Crippen LogP) is 4.61. The SMILES string of the molecule is NCC1(C(O)c2cc(Br)c(Br)s2)CCCCCC1. The Hall–Kier alpha value is 0.580. The van der Waals surface area contributed by atoms with Gasteiger partial charge in [-0.15, -0.1) is 11.3 Å². The Balaban J connectivity index is 2.25. The number of rotatable bonds is 3. The van der Waals surface area contributed by atoms with Crippen molar-refractivity contribution in [3.63, 3.8) is 0 Å². The summed E-state index contributed by atoms with van der Waals surface area (Å²) in [6.07, 6.45) is 6.55. The third-order valence-electron chi connectivity index (χ3n) is 4.02. The van der Waals surface area contributed by atoms with Gasteiger partial charge in [0.25, 0.3) is 0 Å². The minimum Gasteiger partial charge on any atom is -0.387 e. The van der Waals surface area contributed by atoms with Gasteiger partial charge in [0.1, 0.15) is 0 Å². The van der Waals surface area contributed by atoms with E-state index in [9.17, 15) is 5.11 Å². The molecule has 0 aliphatic heterocycles. The van der Waals surface area contributed by atoms with Gasteiger partial charge in [-0.05, 0) is 50.8 Å². The van der Waals surface area contributed by atoms with Crippen LogP contribution < -0.4 is 5.73 Å². The molecule has 1 saturated carbocycles. The highest BCUT2D eigenvalue weighted by Crippen LogP contribution is 2.47. The van der Waals surface area contributed by atoms with Crippen molar-refractivity contribution >= 4 is 43.2 Å². The Morgan fingerprint density at radius 3 is 2.33 bits per heavy atom. The summed E-state index contributed by atoms with van der Waals surface area (Å²) in [5, 5.41) is 10.7. The molecule has 0 radical (unpaired) electrons. The highest BCUT2D eigenvalue weighted by atomic mass is 79.9. The maximum Gasteiger partial charge on any atom is 0.0950 e. The van der Waals surface area contributed by atoms with Gasteiger partial charge < -0.3 is 10.8 Å². The number of hydrogen-bond donors (Lipinski definition) is 2. The molecule has 3 N–H and O–H groups in total. The first-order valence-corrected chi connectivity index (χ1v) is 8.82. The van der Waals surface area contributed by atoms with Gasteiger partial charge in [-0.3, -0.25) is 0 Å². The normalized spacial score (nSPS) is 21.6. The second kappa shape index (κ2) is 6.35. The van der Waals surface area contributed by atoms with Crippen LogP contribution >= 0.6 is 43.2 Å². The molecule has 1 fully saturated rings. The van der Waals surface area contributed by atoms with Crippen molar-refractivity contribution in [2.75, 3.05) is 6.54 Å². The zero-order valence-corrected chi connectivity index (χ0v) is 14.3. The Morgan fingerprint density at radius 2 is 1.89 bits per heavy atom. The number of hydrogen-bond acceptors (Lipinski definition) is 3. The fourth-order valence-corrected chi connectivity index (χ4v) is 5.04. The van der Waals surface area contributed by atoms with Crippen LogP contribution in [0, 0.1) is 5.41 Å². The molecule has 0 aromatic carbocycles. The summed E-state index contributed by atoms with van der Waals surface area (Å²) in [7, 11) is 0. The number of nitrogens with two attached hydrogens (primary N) is 1. The Labute approximate surface area is 129 Å². The van der Waals surface area contributed by atoms with Crippen molar-refractivity contribution in [3.05, 3.63) is 19.2 Å². The Bertz CT molecular complexity index is 380. The monoisotopic (exact) mass is 395 g/mol. The van der Waals surface area contributed by atoms with Gasteiger partial charge in [-0.25, -0.2) is 0 Å². The number of aliphatic hydroxyl groups excluding tert-OH is 1. The van der Waals surface area contributed by atoms with E-state index in [0.717, 1.165) is 26.0 Å². The van der Waals surface area contributed by atoms with E-state index in [-0.39, 0.29) is 5.41 Å². The predicted molar refractivity (Wildman–Crippen MR) is 83.9 cm³/mol. The van der Waals surface area contributed by atoms with Crippen LogP contribution in [0.5, 0.6) is 0 Å². The van der Waals surface area contributed by atoms with Crippen LogP contribution in [-0.4, -0.2) is 11.7 Å². The minimum atomic E-state index is -0.437. The van der Waals surface area contributed by atoms with Gasteiger partial charge in [0, 0.05) is 21.3 Å². The topological polar surface area (TPSA) is 46.2 Å². The van der Waals surface area contributed by atoms with Gasteiger partial charge in [0.05, 0.1) is 9.89 Å². The molecule has 1 atom stereocenters. The summed E-state index contributed by atoms with van der Waals surface area (Å²) >= 11 is 8.58. The average molecular weight is 397 g/mol. The lowest BCUT2D eigenvalue weighted by Crippen LogP contribution is -2.36. The number of thiophene rings is 1. The van der Waals surface area contributed by atoms with E-state index in [0.29, 0.717) is 6.54 Å². The summed E-state index contributed by atoms with van der Waals surface area (Å²) in [6.45, 7) is 0.571. The molecule has 1 aromatic rings. The van der Waals surface area contributed by atoms with Crippen molar-refractivity contribution < 1.29 is 5.11 Å². The highest BCUT2D eigenvalue weighted by Gasteiger charge is 2.38. The lowest BCUT2D eigenvalue weighted by molar-refractivity contribution is 0.0193. The lowest BCUT2D eigenvalue weighted by atomic mass is 9.75. The standard InChI is InChI=1S/C13H19Br2NOS/c14-9-7-10(18-12(9)15)11(17)13(8-16)5-3-1-2-4-6-13/h7,11,17H,1-6,8,16H2. The largest absolute Gasteiger partial charge is 0.387 e. The second-order valence-electron chi connectivity index (χ2n) is 5.15. The second-order valence-corrected chi connectivity index (χ2v) is 8.41. The van der Waals surface area contributed by atoms with E-state index in [1.54, 1.807) is 11.3 Å². The molecule has 0 saturated heterocycles. The molecule has 1 aliphatic carbocycles. The van der Waals surface area contributed by atoms with Crippen molar-refractivity contribution in [2.45, 2.75) is 44.6 Å². The van der Waals surface area contributed by atoms with Crippen molar-refractivity contribution in [3.8, 4) is 0 Å². The first-order valence-electron chi connectivity index (χ1n) is 6.42. The molecule has 2 rings (SSSR count). The van der Waals surface area contributed by atoms with Crippen LogP contribution in [-0.2, 0) is 0 Å². The van der Waals surface area contributed by atoms with Crippen molar-refractivity contribution in [1.29, 1.82) is 0 Å². The molecule has 1 aromatic heterocycles. The third kappa shape index (κ3) is 3.01. The zero-order valence-electron chi connectivity index (χ0n) is 10.3. The van der Waals surface area contributed by atoms with Gasteiger partial charge in [-0.2, -0.15) is 0 Å². The quantitative estimate of drug-likeness (QED) is 0.733. The van der Waals surface area contributed by atoms with Crippen molar-refractivity contribution in [2.24, 2.45) is 11.1 Å². The smallest absolute Gasteiger partial charge is 0.0950 e. The summed E-state index contributed by atoms with van der Waals surface area (Å²) < 4.78 is 2.06. The molecule has 1 heterocycles. The number of aliphatic hydroxyl groups is 1. The maximum atomic E-state index is 10.7. The first-order chi connectivity index (χ1) is 8.59. The summed E-state index contributed by atoms with van der Waals surface area (Å²) in [6, 6.07) is 2.02. The summed E-state index contributed by atoms with van der Waals surface area (Å²) in [4.78, 5) is 1.01. The molecular weight excluding hydrogens is 378 g/mol. The van der Waals surface area contributed by atoms with Gasteiger partial charge in [-0.1, -0.05) is 25.7 Å². The first kappa shape index (κ1) is 15.0. The fraction of sp³-hybridized carbons (Fsp3) is 0.692. The van der Waals surface area contributed by atoms with E-state index in [1.807, 2.05) is 6.07 Å². The highest BCUT2D eigenvalue weighted by molar-refractivity contribution is 9.13. The maximum absolute atomic E-state index is 10.7. The zero-order chi connectivity index (χ0) is 13.2. The molecular formula is C13H19Br2NOS. The number of halogens is 2. The summed E-state index contributed by atoms with van der Waals surface area (Å²) in [5.74, 6) is 0. The molecule has 0 bridgehead atoms. The van der Waals surface area contributed by atoms with Crippen LogP contribution in [0.15, 0.2) is 14.3 Å². The molecule has 2 nitrogen and oxygen atoms in total. The minimum absolute atomic E-state index is 0.125. The van der Waals surface area contributed by atoms with Crippen LogP contribution in [0.25, 0.3) is 0 Å². The van der Waals surface area contributed by atoms with Crippen LogP contribution in [0.2, 0.25) is 0 Å². The van der Waals surface area contributed by atoms with Crippen LogP contribution in [0.1, 0.15) is 49.5 Å². The molecule has 1 unspecified atom stereocenters. The van der Waals surface area contributed by atoms with Gasteiger partial charge in [0.2, 0.25) is 0 Å². The van der Waals surface area contributed by atoms with E-state index in [1.165, 1.54) is 25.7 Å². The van der Waals surface area contributed by atoms with E-state index in [4.69, 9.17) is 5.73 Å². The molecule has 5 heteroatoms. The van der Waals surface area contributed by atoms with Gasteiger partial charge in [0.15, 0.2) is 0 Å². The third-order valence-corrected chi connectivity index (χ3v) is 7.33. The molecule has 0 spiro atoms. The van der Waals surface area contributed by atoms with Crippen LogP contribution in [0.4, 0.5) is 0 Å². The average Bonchev–Trinajstić information content (AvgIpc) is 2.59. The van der Waals surface area contributed by atoms with E-state index < -0.39 is 6.10 Å². The molecule has 1 aliphatic rings. The van der Waals surface area contributed by atoms with E-state index in [2.05, 4.69) is 31.9 Å².